The molecule has 12 nitrogen and oxygen atoms in total. The molecule has 1 aliphatic heterocycles. The van der Waals surface area contributed by atoms with E-state index >= 15 is 0 Å². The topological polar surface area (TPSA) is 145 Å². The summed E-state index contributed by atoms with van der Waals surface area (Å²) < 4.78 is 41.1. The largest absolute Gasteiger partial charge is 0.476 e. The predicted octanol–water partition coefficient (Wildman–Crippen LogP) is 3.20. The normalized spacial score (nSPS) is 19.9. The number of nitrogens with one attached hydrogen (secondary N) is 2. The van der Waals surface area contributed by atoms with E-state index < -0.39 is 27.7 Å². The van der Waals surface area contributed by atoms with Gasteiger partial charge in [-0.05, 0) is 69.9 Å². The van der Waals surface area contributed by atoms with E-state index in [1.807, 2.05) is 0 Å². The summed E-state index contributed by atoms with van der Waals surface area (Å²) in [6.07, 6.45) is 5.10. The maximum Gasteiger partial charge on any atom is 0.410 e. The van der Waals surface area contributed by atoms with Gasteiger partial charge in [-0.2, -0.15) is 5.10 Å². The Balaban J connectivity index is 1.26. The lowest BCUT2D eigenvalue weighted by atomic mass is 10.0. The lowest BCUT2D eigenvalue weighted by molar-refractivity contribution is 0.0232. The first kappa shape index (κ1) is 27.2. The number of fused-ring (bicyclic) bond motifs is 3. The molecule has 13 heteroatoms. The van der Waals surface area contributed by atoms with Gasteiger partial charge >= 0.3 is 12.1 Å². The number of rotatable bonds is 5. The van der Waals surface area contributed by atoms with Crippen LogP contribution in [0.2, 0.25) is 0 Å². The molecule has 3 heterocycles. The Bertz CT molecular complexity index is 1410. The van der Waals surface area contributed by atoms with Crippen LogP contribution in [0.3, 0.4) is 0 Å². The zero-order valence-corrected chi connectivity index (χ0v) is 23.9. The van der Waals surface area contributed by atoms with Gasteiger partial charge < -0.3 is 19.7 Å². The van der Waals surface area contributed by atoms with E-state index in [1.165, 1.54) is 15.8 Å². The molecule has 0 aromatic carbocycles. The van der Waals surface area contributed by atoms with Crippen molar-refractivity contribution in [2.45, 2.75) is 82.8 Å². The monoisotopic (exact) mass is 560 g/mol. The third-order valence-corrected chi connectivity index (χ3v) is 8.60. The number of hydrogen-bond acceptors (Lipinski definition) is 8. The van der Waals surface area contributed by atoms with Crippen molar-refractivity contribution >= 4 is 27.8 Å². The van der Waals surface area contributed by atoms with Crippen molar-refractivity contribution in [1.82, 2.24) is 24.4 Å². The molecule has 2 aromatic rings. The molecule has 3 aliphatic rings. The number of pyridine rings is 1. The maximum atomic E-state index is 13.2. The minimum absolute atomic E-state index is 0.0611. The highest BCUT2D eigenvalue weighted by Crippen LogP contribution is 2.41. The minimum Gasteiger partial charge on any atom is -0.476 e. The molecule has 0 spiro atoms. The molecule has 212 valence electrons. The van der Waals surface area contributed by atoms with Crippen LogP contribution in [0, 0.1) is 5.92 Å². The molecule has 5 rings (SSSR count). The second kappa shape index (κ2) is 10.00. The molecule has 2 atom stereocenters. The van der Waals surface area contributed by atoms with Gasteiger partial charge in [0.25, 0.3) is 10.0 Å². The summed E-state index contributed by atoms with van der Waals surface area (Å²) in [7, 11) is -2.62. The van der Waals surface area contributed by atoms with Crippen molar-refractivity contribution in [2.75, 3.05) is 25.5 Å². The Morgan fingerprint density at radius 2 is 2.00 bits per heavy atom. The van der Waals surface area contributed by atoms with Crippen LogP contribution < -0.4 is 14.8 Å². The number of anilines is 1. The van der Waals surface area contributed by atoms with Crippen LogP contribution in [0.5, 0.6) is 5.88 Å². The number of sulfonamides is 1. The average molecular weight is 561 g/mol. The SMILES string of the molecule is CC1CCc2c1nc1c(c2NC(=O)NS(=O)(=O)c2cnn3c2OCC(CN(C)C(=O)OC(C)(C)C)C3)CCC1. The average Bonchev–Trinajstić information content (AvgIpc) is 3.56. The van der Waals surface area contributed by atoms with E-state index in [0.717, 1.165) is 54.6 Å². The van der Waals surface area contributed by atoms with Crippen molar-refractivity contribution in [2.24, 2.45) is 5.92 Å². The molecule has 0 saturated carbocycles. The summed E-state index contributed by atoms with van der Waals surface area (Å²) in [6, 6.07) is -0.829. The van der Waals surface area contributed by atoms with Crippen LogP contribution in [0.25, 0.3) is 0 Å². The highest BCUT2D eigenvalue weighted by atomic mass is 32.2. The maximum absolute atomic E-state index is 13.2. The highest BCUT2D eigenvalue weighted by molar-refractivity contribution is 7.90. The molecule has 39 heavy (non-hydrogen) atoms. The van der Waals surface area contributed by atoms with Crippen LogP contribution in [-0.2, 0) is 40.6 Å². The van der Waals surface area contributed by atoms with Crippen LogP contribution in [0.15, 0.2) is 11.1 Å². The highest BCUT2D eigenvalue weighted by Gasteiger charge is 2.34. The Labute approximate surface area is 228 Å². The van der Waals surface area contributed by atoms with Gasteiger partial charge in [0.1, 0.15) is 5.60 Å². The quantitative estimate of drug-likeness (QED) is 0.567. The first-order valence-corrected chi connectivity index (χ1v) is 14.8. The van der Waals surface area contributed by atoms with Crippen molar-refractivity contribution < 1.29 is 27.5 Å². The van der Waals surface area contributed by atoms with Gasteiger partial charge in [0.15, 0.2) is 4.90 Å². The fraction of sp³-hybridized carbons (Fsp3) is 0.615. The number of carbonyl (C=O) groups is 2. The second-order valence-corrected chi connectivity index (χ2v) is 13.3. The van der Waals surface area contributed by atoms with Crippen LogP contribution in [0.1, 0.15) is 69.0 Å². The van der Waals surface area contributed by atoms with Gasteiger partial charge in [-0.1, -0.05) is 6.92 Å². The van der Waals surface area contributed by atoms with Crippen LogP contribution in [-0.4, -0.2) is 66.0 Å². The summed E-state index contributed by atoms with van der Waals surface area (Å²) in [5.41, 5.74) is 4.09. The zero-order chi connectivity index (χ0) is 28.1. The fourth-order valence-electron chi connectivity index (χ4n) is 5.49. The minimum atomic E-state index is -4.26. The predicted molar refractivity (Wildman–Crippen MR) is 142 cm³/mol. The number of hydrogen-bond donors (Lipinski definition) is 2. The molecular weight excluding hydrogens is 524 g/mol. The van der Waals surface area contributed by atoms with E-state index in [9.17, 15) is 18.0 Å². The van der Waals surface area contributed by atoms with E-state index in [1.54, 1.807) is 27.8 Å². The number of carbonyl (C=O) groups excluding carboxylic acids is 2. The van der Waals surface area contributed by atoms with E-state index in [2.05, 4.69) is 22.1 Å². The third kappa shape index (κ3) is 5.54. The fourth-order valence-corrected chi connectivity index (χ4v) is 6.48. The number of ether oxygens (including phenoxy) is 2. The summed E-state index contributed by atoms with van der Waals surface area (Å²) in [5.74, 6) is 0.244. The summed E-state index contributed by atoms with van der Waals surface area (Å²) in [5, 5.41) is 7.01. The molecule has 0 radical (unpaired) electrons. The Morgan fingerprint density at radius 3 is 2.74 bits per heavy atom. The summed E-state index contributed by atoms with van der Waals surface area (Å²) in [6.45, 7) is 8.38. The number of amides is 3. The van der Waals surface area contributed by atoms with Gasteiger partial charge in [-0.3, -0.25) is 4.98 Å². The van der Waals surface area contributed by atoms with E-state index in [-0.39, 0.29) is 23.3 Å². The molecule has 2 aromatic heterocycles. The molecular formula is C26H36N6O6S. The molecule has 2 aliphatic carbocycles. The first-order chi connectivity index (χ1) is 18.3. The third-order valence-electron chi connectivity index (χ3n) is 7.29. The van der Waals surface area contributed by atoms with Gasteiger partial charge in [-0.15, -0.1) is 0 Å². The zero-order valence-electron chi connectivity index (χ0n) is 23.0. The molecule has 3 amide bonds. The molecule has 2 N–H and O–H groups in total. The van der Waals surface area contributed by atoms with E-state index in [0.29, 0.717) is 24.7 Å². The van der Waals surface area contributed by atoms with Crippen molar-refractivity contribution in [3.8, 4) is 5.88 Å². The number of urea groups is 1. The van der Waals surface area contributed by atoms with Crippen molar-refractivity contribution in [3.63, 3.8) is 0 Å². The number of nitrogens with zero attached hydrogens (tertiary/aromatic N) is 4. The smallest absolute Gasteiger partial charge is 0.410 e. The Morgan fingerprint density at radius 1 is 1.23 bits per heavy atom. The number of aryl methyl sites for hydroxylation is 1. The molecule has 0 fully saturated rings. The van der Waals surface area contributed by atoms with Crippen molar-refractivity contribution in [3.05, 3.63) is 28.7 Å². The Hall–Kier alpha value is -3.35. The van der Waals surface area contributed by atoms with Gasteiger partial charge in [0.2, 0.25) is 5.88 Å². The van der Waals surface area contributed by atoms with Crippen LogP contribution in [0.4, 0.5) is 15.3 Å². The second-order valence-electron chi connectivity index (χ2n) is 11.7. The molecule has 2 unspecified atom stereocenters. The molecule has 0 bridgehead atoms. The lowest BCUT2D eigenvalue weighted by Crippen LogP contribution is -2.41. The summed E-state index contributed by atoms with van der Waals surface area (Å²) >= 11 is 0. The van der Waals surface area contributed by atoms with Gasteiger partial charge in [0, 0.05) is 30.9 Å². The van der Waals surface area contributed by atoms with Crippen LogP contribution >= 0.6 is 0 Å². The lowest BCUT2D eigenvalue weighted by Gasteiger charge is -2.30. The summed E-state index contributed by atoms with van der Waals surface area (Å²) in [4.78, 5) is 31.4. The van der Waals surface area contributed by atoms with Gasteiger partial charge in [0.05, 0.1) is 25.0 Å². The van der Waals surface area contributed by atoms with E-state index in [4.69, 9.17) is 14.5 Å². The van der Waals surface area contributed by atoms with Crippen molar-refractivity contribution in [1.29, 1.82) is 0 Å². The number of aromatic nitrogens is 3. The molecule has 0 saturated heterocycles. The Kier molecular flexibility index (Phi) is 6.98. The van der Waals surface area contributed by atoms with Gasteiger partial charge in [-0.25, -0.2) is 27.4 Å². The standard InChI is InChI=1S/C26H36N6O6S/c1-15-9-10-18-21(15)28-19-8-6-7-17(19)22(18)29-24(33)30-39(35,36)20-11-27-32-13-16(14-37-23(20)32)12-31(5)25(34)38-26(2,3)4/h11,15-16H,6-10,12-14H2,1-5H3,(H2,28,29,30,33). The first-order valence-electron chi connectivity index (χ1n) is 13.3.